The summed E-state index contributed by atoms with van der Waals surface area (Å²) in [6.45, 7) is 3.90. The number of ether oxygens (including phenoxy) is 1. The van der Waals surface area contributed by atoms with Gasteiger partial charge >= 0.3 is 0 Å². The minimum absolute atomic E-state index is 0.0830. The van der Waals surface area contributed by atoms with Crippen LogP contribution >= 0.6 is 0 Å². The summed E-state index contributed by atoms with van der Waals surface area (Å²) in [6, 6.07) is 7.21. The molecule has 1 aromatic rings. The lowest BCUT2D eigenvalue weighted by Crippen LogP contribution is -2.25. The predicted molar refractivity (Wildman–Crippen MR) is 68.2 cm³/mol. The maximum atomic E-state index is 11.7. The van der Waals surface area contributed by atoms with Crippen LogP contribution in [0.25, 0.3) is 0 Å². The lowest BCUT2D eigenvalue weighted by atomic mass is 10.2. The molecule has 4 heteroatoms. The SMILES string of the molecule is CCCOc1cccc(C(=O)NCCCN)c1. The van der Waals surface area contributed by atoms with Crippen molar-refractivity contribution >= 4 is 5.91 Å². The highest BCUT2D eigenvalue weighted by Gasteiger charge is 2.05. The Labute approximate surface area is 102 Å². The monoisotopic (exact) mass is 236 g/mol. The van der Waals surface area contributed by atoms with Crippen molar-refractivity contribution in [2.75, 3.05) is 19.7 Å². The molecule has 0 aliphatic heterocycles. The Kier molecular flexibility index (Phi) is 6.10. The maximum absolute atomic E-state index is 11.7. The van der Waals surface area contributed by atoms with Crippen LogP contribution in [0.15, 0.2) is 24.3 Å². The third-order valence-electron chi connectivity index (χ3n) is 2.24. The normalized spacial score (nSPS) is 10.0. The second kappa shape index (κ2) is 7.68. The fourth-order valence-electron chi connectivity index (χ4n) is 1.35. The third-order valence-corrected chi connectivity index (χ3v) is 2.24. The van der Waals surface area contributed by atoms with Crippen molar-refractivity contribution in [1.29, 1.82) is 0 Å². The van der Waals surface area contributed by atoms with E-state index in [9.17, 15) is 4.79 Å². The van der Waals surface area contributed by atoms with Gasteiger partial charge in [0, 0.05) is 12.1 Å². The summed E-state index contributed by atoms with van der Waals surface area (Å²) in [5, 5.41) is 2.81. The topological polar surface area (TPSA) is 64.3 Å². The van der Waals surface area contributed by atoms with E-state index in [1.165, 1.54) is 0 Å². The Hall–Kier alpha value is -1.55. The molecule has 4 nitrogen and oxygen atoms in total. The highest BCUT2D eigenvalue weighted by atomic mass is 16.5. The van der Waals surface area contributed by atoms with Gasteiger partial charge in [-0.1, -0.05) is 13.0 Å². The first-order valence-corrected chi connectivity index (χ1v) is 5.99. The molecule has 0 spiro atoms. The highest BCUT2D eigenvalue weighted by molar-refractivity contribution is 5.94. The average molecular weight is 236 g/mol. The average Bonchev–Trinajstić information content (AvgIpc) is 2.37. The molecule has 0 unspecified atom stereocenters. The lowest BCUT2D eigenvalue weighted by Gasteiger charge is -2.07. The lowest BCUT2D eigenvalue weighted by molar-refractivity contribution is 0.0953. The third kappa shape index (κ3) is 4.87. The number of hydrogen-bond acceptors (Lipinski definition) is 3. The molecule has 0 saturated carbocycles. The van der Waals surface area contributed by atoms with Crippen LogP contribution in [0.5, 0.6) is 5.75 Å². The van der Waals surface area contributed by atoms with Gasteiger partial charge in [-0.25, -0.2) is 0 Å². The molecule has 0 radical (unpaired) electrons. The Bertz CT molecular complexity index is 353. The minimum atomic E-state index is -0.0830. The van der Waals surface area contributed by atoms with E-state index in [-0.39, 0.29) is 5.91 Å². The summed E-state index contributed by atoms with van der Waals surface area (Å²) >= 11 is 0. The Morgan fingerprint density at radius 3 is 3.00 bits per heavy atom. The van der Waals surface area contributed by atoms with Gasteiger partial charge in [0.1, 0.15) is 5.75 Å². The van der Waals surface area contributed by atoms with E-state index in [4.69, 9.17) is 10.5 Å². The summed E-state index contributed by atoms with van der Waals surface area (Å²) in [6.07, 6.45) is 1.74. The molecule has 0 aliphatic rings. The van der Waals surface area contributed by atoms with Crippen LogP contribution in [0.4, 0.5) is 0 Å². The van der Waals surface area contributed by atoms with Gasteiger partial charge in [-0.2, -0.15) is 0 Å². The van der Waals surface area contributed by atoms with Crippen LogP contribution < -0.4 is 15.8 Å². The van der Waals surface area contributed by atoms with Crippen molar-refractivity contribution in [3.05, 3.63) is 29.8 Å². The van der Waals surface area contributed by atoms with Crippen LogP contribution in [0, 0.1) is 0 Å². The Morgan fingerprint density at radius 1 is 1.47 bits per heavy atom. The number of carbonyl (C=O) groups excluding carboxylic acids is 1. The van der Waals surface area contributed by atoms with Crippen molar-refractivity contribution < 1.29 is 9.53 Å². The molecule has 0 aliphatic carbocycles. The second-order valence-electron chi connectivity index (χ2n) is 3.77. The van der Waals surface area contributed by atoms with E-state index in [0.717, 1.165) is 18.6 Å². The molecule has 17 heavy (non-hydrogen) atoms. The van der Waals surface area contributed by atoms with E-state index in [1.54, 1.807) is 12.1 Å². The van der Waals surface area contributed by atoms with Crippen LogP contribution in [-0.2, 0) is 0 Å². The molecule has 1 aromatic carbocycles. The van der Waals surface area contributed by atoms with Crippen LogP contribution in [-0.4, -0.2) is 25.6 Å². The molecule has 0 bridgehead atoms. The fraction of sp³-hybridized carbons (Fsp3) is 0.462. The zero-order chi connectivity index (χ0) is 12.5. The molecule has 0 aromatic heterocycles. The van der Waals surface area contributed by atoms with Crippen molar-refractivity contribution in [3.63, 3.8) is 0 Å². The van der Waals surface area contributed by atoms with Crippen LogP contribution in [0.1, 0.15) is 30.1 Å². The van der Waals surface area contributed by atoms with Gasteiger partial charge in [0.25, 0.3) is 5.91 Å². The van der Waals surface area contributed by atoms with E-state index in [0.29, 0.717) is 25.3 Å². The molecule has 0 saturated heterocycles. The van der Waals surface area contributed by atoms with Gasteiger partial charge in [-0.15, -0.1) is 0 Å². The van der Waals surface area contributed by atoms with Gasteiger partial charge in [0.2, 0.25) is 0 Å². The summed E-state index contributed by atoms with van der Waals surface area (Å²) in [7, 11) is 0. The van der Waals surface area contributed by atoms with Gasteiger partial charge < -0.3 is 15.8 Å². The molecule has 94 valence electrons. The number of carbonyl (C=O) groups is 1. The molecule has 0 fully saturated rings. The number of hydrogen-bond donors (Lipinski definition) is 2. The highest BCUT2D eigenvalue weighted by Crippen LogP contribution is 2.13. The Balaban J connectivity index is 2.54. The summed E-state index contributed by atoms with van der Waals surface area (Å²) in [4.78, 5) is 11.7. The number of nitrogens with two attached hydrogens (primary N) is 1. The summed E-state index contributed by atoms with van der Waals surface area (Å²) in [5.41, 5.74) is 5.98. The van der Waals surface area contributed by atoms with E-state index >= 15 is 0 Å². The first-order chi connectivity index (χ1) is 8.27. The van der Waals surface area contributed by atoms with Crippen molar-refractivity contribution in [2.45, 2.75) is 19.8 Å². The summed E-state index contributed by atoms with van der Waals surface area (Å²) < 4.78 is 5.47. The van der Waals surface area contributed by atoms with E-state index < -0.39 is 0 Å². The maximum Gasteiger partial charge on any atom is 0.251 e. The fourth-order valence-corrected chi connectivity index (χ4v) is 1.35. The molecule has 3 N–H and O–H groups in total. The van der Waals surface area contributed by atoms with Gasteiger partial charge in [-0.05, 0) is 37.6 Å². The molecular weight excluding hydrogens is 216 g/mol. The van der Waals surface area contributed by atoms with Crippen LogP contribution in [0.2, 0.25) is 0 Å². The quantitative estimate of drug-likeness (QED) is 0.706. The van der Waals surface area contributed by atoms with Crippen molar-refractivity contribution in [1.82, 2.24) is 5.32 Å². The van der Waals surface area contributed by atoms with Gasteiger partial charge in [0.15, 0.2) is 0 Å². The molecule has 0 atom stereocenters. The number of benzene rings is 1. The van der Waals surface area contributed by atoms with Gasteiger partial charge in [-0.3, -0.25) is 4.79 Å². The predicted octanol–water partition coefficient (Wildman–Crippen LogP) is 1.55. The molecule has 0 heterocycles. The number of amides is 1. The van der Waals surface area contributed by atoms with Crippen molar-refractivity contribution in [3.8, 4) is 5.75 Å². The number of nitrogens with one attached hydrogen (secondary N) is 1. The van der Waals surface area contributed by atoms with Gasteiger partial charge in [0.05, 0.1) is 6.61 Å². The molecule has 1 rings (SSSR count). The number of rotatable bonds is 7. The van der Waals surface area contributed by atoms with E-state index in [2.05, 4.69) is 5.32 Å². The first kappa shape index (κ1) is 13.5. The van der Waals surface area contributed by atoms with Crippen molar-refractivity contribution in [2.24, 2.45) is 5.73 Å². The molecule has 1 amide bonds. The second-order valence-corrected chi connectivity index (χ2v) is 3.77. The van der Waals surface area contributed by atoms with Crippen LogP contribution in [0.3, 0.4) is 0 Å². The smallest absolute Gasteiger partial charge is 0.251 e. The zero-order valence-electron chi connectivity index (χ0n) is 10.2. The molecular formula is C13H20N2O2. The Morgan fingerprint density at radius 2 is 2.29 bits per heavy atom. The zero-order valence-corrected chi connectivity index (χ0v) is 10.2. The largest absolute Gasteiger partial charge is 0.494 e. The first-order valence-electron chi connectivity index (χ1n) is 5.99. The van der Waals surface area contributed by atoms with E-state index in [1.807, 2.05) is 19.1 Å². The summed E-state index contributed by atoms with van der Waals surface area (Å²) in [5.74, 6) is 0.652. The standard InChI is InChI=1S/C13H20N2O2/c1-2-9-17-12-6-3-5-11(10-12)13(16)15-8-4-7-14/h3,5-6,10H,2,4,7-9,14H2,1H3,(H,15,16). The minimum Gasteiger partial charge on any atom is -0.494 e.